The molecule has 1 aromatic carbocycles. The third-order valence-corrected chi connectivity index (χ3v) is 5.18. The zero-order valence-electron chi connectivity index (χ0n) is 9.84. The Morgan fingerprint density at radius 1 is 1.00 bits per heavy atom. The highest BCUT2D eigenvalue weighted by Gasteiger charge is 2.52. The predicted octanol–water partition coefficient (Wildman–Crippen LogP) is 4.08. The van der Waals surface area contributed by atoms with Gasteiger partial charge in [-0.15, -0.1) is 0 Å². The second kappa shape index (κ2) is 2.87. The first kappa shape index (κ1) is 9.45. The zero-order chi connectivity index (χ0) is 10.5. The van der Waals surface area contributed by atoms with Crippen LogP contribution in [0.4, 0.5) is 0 Å². The van der Waals surface area contributed by atoms with Gasteiger partial charge >= 0.3 is 0 Å². The molecule has 0 aromatic heterocycles. The summed E-state index contributed by atoms with van der Waals surface area (Å²) in [6.07, 6.45) is 6.96. The minimum atomic E-state index is 0.460. The zero-order valence-corrected chi connectivity index (χ0v) is 9.84. The monoisotopic (exact) mass is 200 g/mol. The lowest BCUT2D eigenvalue weighted by Gasteiger charge is -2.46. The Morgan fingerprint density at radius 3 is 2.60 bits per heavy atom. The molecule has 0 saturated heterocycles. The normalized spacial score (nSPS) is 38.5. The molecule has 0 spiro atoms. The first-order chi connectivity index (χ1) is 7.16. The lowest BCUT2D eigenvalue weighted by Crippen LogP contribution is -2.40. The number of rotatable bonds is 0. The van der Waals surface area contributed by atoms with Crippen LogP contribution >= 0.6 is 0 Å². The second-order valence-electron chi connectivity index (χ2n) is 5.93. The van der Waals surface area contributed by atoms with Crippen LogP contribution in [0.5, 0.6) is 0 Å². The van der Waals surface area contributed by atoms with E-state index in [0.717, 1.165) is 0 Å². The van der Waals surface area contributed by atoms with E-state index < -0.39 is 0 Å². The van der Waals surface area contributed by atoms with E-state index in [9.17, 15) is 0 Å². The summed E-state index contributed by atoms with van der Waals surface area (Å²) in [4.78, 5) is 0. The number of hydrogen-bond donors (Lipinski definition) is 0. The molecule has 0 bridgehead atoms. The third kappa shape index (κ3) is 1.08. The van der Waals surface area contributed by atoms with Crippen LogP contribution in [0.25, 0.3) is 0 Å². The molecule has 0 heterocycles. The molecule has 0 amide bonds. The van der Waals surface area contributed by atoms with Crippen molar-refractivity contribution in [1.29, 1.82) is 0 Å². The Labute approximate surface area is 92.7 Å². The average molecular weight is 200 g/mol. The lowest BCUT2D eigenvalue weighted by atomic mass is 9.58. The Morgan fingerprint density at radius 2 is 1.73 bits per heavy atom. The molecule has 1 aromatic rings. The molecule has 0 aliphatic heterocycles. The number of benzene rings is 1. The summed E-state index contributed by atoms with van der Waals surface area (Å²) in [5.74, 6) is 0. The topological polar surface area (TPSA) is 0 Å². The molecule has 0 heteroatoms. The Balaban J connectivity index is 2.17. The minimum absolute atomic E-state index is 0.460. The largest absolute Gasteiger partial charge is 0.0620 e. The molecular formula is C15H20. The molecule has 2 aliphatic rings. The molecule has 80 valence electrons. The lowest BCUT2D eigenvalue weighted by molar-refractivity contribution is 0.110. The fourth-order valence-corrected chi connectivity index (χ4v) is 3.95. The average Bonchev–Trinajstić information content (AvgIpc) is 2.47. The van der Waals surface area contributed by atoms with Crippen molar-refractivity contribution >= 4 is 0 Å². The smallest absolute Gasteiger partial charge is 0.00156 e. The van der Waals surface area contributed by atoms with E-state index in [0.29, 0.717) is 10.8 Å². The molecule has 0 radical (unpaired) electrons. The minimum Gasteiger partial charge on any atom is -0.0620 e. The Kier molecular flexibility index (Phi) is 1.81. The van der Waals surface area contributed by atoms with Crippen LogP contribution in [-0.2, 0) is 11.8 Å². The summed E-state index contributed by atoms with van der Waals surface area (Å²) in [7, 11) is 0. The van der Waals surface area contributed by atoms with Crippen molar-refractivity contribution in [2.45, 2.75) is 51.4 Å². The van der Waals surface area contributed by atoms with Gasteiger partial charge in [0, 0.05) is 0 Å². The van der Waals surface area contributed by atoms with Crippen LogP contribution in [0.15, 0.2) is 24.3 Å². The van der Waals surface area contributed by atoms with Crippen molar-refractivity contribution in [3.63, 3.8) is 0 Å². The summed E-state index contributed by atoms with van der Waals surface area (Å²) in [6.45, 7) is 5.00. The molecule has 2 aliphatic carbocycles. The van der Waals surface area contributed by atoms with E-state index in [1.807, 2.05) is 0 Å². The summed E-state index contributed by atoms with van der Waals surface area (Å²) in [5, 5.41) is 0. The van der Waals surface area contributed by atoms with Gasteiger partial charge in [0.1, 0.15) is 0 Å². The van der Waals surface area contributed by atoms with Crippen LogP contribution in [0, 0.1) is 5.41 Å². The number of hydrogen-bond acceptors (Lipinski definition) is 0. The second-order valence-corrected chi connectivity index (χ2v) is 5.93. The summed E-state index contributed by atoms with van der Waals surface area (Å²) < 4.78 is 0. The van der Waals surface area contributed by atoms with E-state index in [1.54, 1.807) is 11.1 Å². The maximum absolute atomic E-state index is 2.51. The van der Waals surface area contributed by atoms with E-state index in [4.69, 9.17) is 0 Å². The van der Waals surface area contributed by atoms with Crippen molar-refractivity contribution in [2.24, 2.45) is 5.41 Å². The van der Waals surface area contributed by atoms with Crippen molar-refractivity contribution in [2.75, 3.05) is 0 Å². The maximum atomic E-state index is 2.51. The molecular weight excluding hydrogens is 180 g/mol. The van der Waals surface area contributed by atoms with Gasteiger partial charge in [0.15, 0.2) is 0 Å². The van der Waals surface area contributed by atoms with Crippen LogP contribution < -0.4 is 0 Å². The van der Waals surface area contributed by atoms with E-state index in [2.05, 4.69) is 38.1 Å². The molecule has 1 saturated carbocycles. The quantitative estimate of drug-likeness (QED) is 0.592. The third-order valence-electron chi connectivity index (χ3n) is 5.18. The van der Waals surface area contributed by atoms with Crippen LogP contribution in [0.2, 0.25) is 0 Å². The fourth-order valence-electron chi connectivity index (χ4n) is 3.95. The van der Waals surface area contributed by atoms with Gasteiger partial charge in [0.2, 0.25) is 0 Å². The van der Waals surface area contributed by atoms with Crippen LogP contribution in [-0.4, -0.2) is 0 Å². The Bertz CT molecular complexity index is 393. The summed E-state index contributed by atoms with van der Waals surface area (Å²) in [6, 6.07) is 9.11. The van der Waals surface area contributed by atoms with E-state index >= 15 is 0 Å². The highest BCUT2D eigenvalue weighted by atomic mass is 14.6. The van der Waals surface area contributed by atoms with Crippen molar-refractivity contribution in [3.8, 4) is 0 Å². The van der Waals surface area contributed by atoms with Gasteiger partial charge < -0.3 is 0 Å². The van der Waals surface area contributed by atoms with Gasteiger partial charge in [0.25, 0.3) is 0 Å². The highest BCUT2D eigenvalue weighted by Crippen LogP contribution is 2.58. The molecule has 2 unspecified atom stereocenters. The molecule has 15 heavy (non-hydrogen) atoms. The molecule has 0 N–H and O–H groups in total. The summed E-state index contributed by atoms with van der Waals surface area (Å²) in [5.41, 5.74) is 4.26. The maximum Gasteiger partial charge on any atom is -0.00156 e. The molecule has 3 rings (SSSR count). The van der Waals surface area contributed by atoms with Gasteiger partial charge in [-0.25, -0.2) is 0 Å². The fraction of sp³-hybridized carbons (Fsp3) is 0.600. The van der Waals surface area contributed by atoms with Gasteiger partial charge in [-0.05, 0) is 41.2 Å². The summed E-state index contributed by atoms with van der Waals surface area (Å²) >= 11 is 0. The standard InChI is InChI=1S/C15H20/c1-14-9-5-6-10-15(14,2)13-8-4-3-7-12(13)11-14/h3-4,7-8H,5-6,9-11H2,1-2H3. The first-order valence-electron chi connectivity index (χ1n) is 6.24. The SMILES string of the molecule is CC12CCCCC1(C)c1ccccc1C2. The van der Waals surface area contributed by atoms with Crippen molar-refractivity contribution in [3.05, 3.63) is 35.4 Å². The number of fused-ring (bicyclic) bond motifs is 3. The van der Waals surface area contributed by atoms with Gasteiger partial charge in [-0.1, -0.05) is 51.0 Å². The van der Waals surface area contributed by atoms with Gasteiger partial charge in [-0.3, -0.25) is 0 Å². The van der Waals surface area contributed by atoms with Crippen molar-refractivity contribution < 1.29 is 0 Å². The molecule has 0 nitrogen and oxygen atoms in total. The van der Waals surface area contributed by atoms with Crippen LogP contribution in [0.1, 0.15) is 50.7 Å². The van der Waals surface area contributed by atoms with E-state index in [1.165, 1.54) is 32.1 Å². The van der Waals surface area contributed by atoms with Crippen LogP contribution in [0.3, 0.4) is 0 Å². The molecule has 2 atom stereocenters. The predicted molar refractivity (Wildman–Crippen MR) is 64.1 cm³/mol. The van der Waals surface area contributed by atoms with Gasteiger partial charge in [-0.2, -0.15) is 0 Å². The molecule has 1 fully saturated rings. The highest BCUT2D eigenvalue weighted by molar-refractivity contribution is 5.43. The first-order valence-corrected chi connectivity index (χ1v) is 6.24. The van der Waals surface area contributed by atoms with Crippen molar-refractivity contribution in [1.82, 2.24) is 0 Å². The Hall–Kier alpha value is -0.780. The van der Waals surface area contributed by atoms with Gasteiger partial charge in [0.05, 0.1) is 0 Å². The van der Waals surface area contributed by atoms with E-state index in [-0.39, 0.29) is 0 Å².